The molecule has 32 heavy (non-hydrogen) atoms. The van der Waals surface area contributed by atoms with E-state index in [-0.39, 0.29) is 18.1 Å². The molecule has 3 aromatic rings. The van der Waals surface area contributed by atoms with E-state index in [0.29, 0.717) is 29.2 Å². The van der Waals surface area contributed by atoms with Crippen molar-refractivity contribution < 1.29 is 15.3 Å². The van der Waals surface area contributed by atoms with E-state index in [9.17, 15) is 10.2 Å². The highest BCUT2D eigenvalue weighted by molar-refractivity contribution is 8.00. The molecule has 8 nitrogen and oxygen atoms in total. The molecule has 0 saturated carbocycles. The standard InChI is InChI=1S/C23H31N5O3S/c1-3-27(4-2)12-13-28-16-6-5-15(25-10-9-24-11-14-29)22-19(16)21(26-28)20-17(30)7-8-18(31)23(20)32-22/h5-8,24-25,29-31H,3-4,9-14H2,1-2H3. The van der Waals surface area contributed by atoms with Gasteiger partial charge in [0.25, 0.3) is 0 Å². The number of aliphatic hydroxyl groups is 1. The minimum atomic E-state index is 0.114. The molecule has 0 spiro atoms. The minimum absolute atomic E-state index is 0.114. The van der Waals surface area contributed by atoms with E-state index in [1.54, 1.807) is 0 Å². The van der Waals surface area contributed by atoms with Crippen LogP contribution in [0.25, 0.3) is 22.2 Å². The van der Waals surface area contributed by atoms with Crippen LogP contribution in [0, 0.1) is 0 Å². The van der Waals surface area contributed by atoms with Gasteiger partial charge in [0, 0.05) is 42.1 Å². The second-order valence-electron chi connectivity index (χ2n) is 7.75. The van der Waals surface area contributed by atoms with Gasteiger partial charge in [-0.3, -0.25) is 4.68 Å². The van der Waals surface area contributed by atoms with E-state index < -0.39 is 0 Å². The maximum Gasteiger partial charge on any atom is 0.130 e. The first-order chi connectivity index (χ1) is 15.6. The van der Waals surface area contributed by atoms with E-state index in [1.165, 1.54) is 23.9 Å². The minimum Gasteiger partial charge on any atom is -0.507 e. The SMILES string of the molecule is CCN(CC)CCn1nc2c3c(c(NCCNCCO)ccc31)Sc1c(O)ccc(O)c1-2. The fourth-order valence-corrected chi connectivity index (χ4v) is 5.33. The number of hydrogen-bond acceptors (Lipinski definition) is 8. The number of hydrogen-bond donors (Lipinski definition) is 5. The van der Waals surface area contributed by atoms with Crippen molar-refractivity contribution in [1.82, 2.24) is 20.0 Å². The lowest BCUT2D eigenvalue weighted by Gasteiger charge is -2.20. The van der Waals surface area contributed by atoms with Gasteiger partial charge in [-0.2, -0.15) is 5.10 Å². The topological polar surface area (TPSA) is 106 Å². The summed E-state index contributed by atoms with van der Waals surface area (Å²) in [7, 11) is 0. The van der Waals surface area contributed by atoms with Crippen molar-refractivity contribution in [2.24, 2.45) is 0 Å². The summed E-state index contributed by atoms with van der Waals surface area (Å²) >= 11 is 1.46. The number of fused-ring (bicyclic) bond motifs is 2. The smallest absolute Gasteiger partial charge is 0.130 e. The van der Waals surface area contributed by atoms with Crippen molar-refractivity contribution in [2.45, 2.75) is 30.2 Å². The maximum absolute atomic E-state index is 10.6. The largest absolute Gasteiger partial charge is 0.507 e. The number of nitrogens with one attached hydrogen (secondary N) is 2. The van der Waals surface area contributed by atoms with Crippen LogP contribution in [0.1, 0.15) is 13.8 Å². The molecule has 5 N–H and O–H groups in total. The summed E-state index contributed by atoms with van der Waals surface area (Å²) in [6, 6.07) is 7.18. The lowest BCUT2D eigenvalue weighted by molar-refractivity contribution is 0.287. The monoisotopic (exact) mass is 457 g/mol. The highest BCUT2D eigenvalue weighted by Gasteiger charge is 2.30. The number of anilines is 1. The number of aliphatic hydroxyl groups excluding tert-OH is 1. The maximum atomic E-state index is 10.6. The average molecular weight is 458 g/mol. The Bertz CT molecular complexity index is 1100. The van der Waals surface area contributed by atoms with E-state index in [0.717, 1.165) is 54.2 Å². The van der Waals surface area contributed by atoms with Crippen LogP contribution in [0.5, 0.6) is 11.5 Å². The first kappa shape index (κ1) is 22.7. The summed E-state index contributed by atoms with van der Waals surface area (Å²) in [4.78, 5) is 3.98. The Balaban J connectivity index is 1.76. The molecule has 1 aliphatic rings. The van der Waals surface area contributed by atoms with Gasteiger partial charge >= 0.3 is 0 Å². The van der Waals surface area contributed by atoms with E-state index >= 15 is 0 Å². The Morgan fingerprint density at radius 1 is 1.00 bits per heavy atom. The van der Waals surface area contributed by atoms with Crippen LogP contribution in [0.4, 0.5) is 5.69 Å². The van der Waals surface area contributed by atoms with Crippen molar-refractivity contribution in [1.29, 1.82) is 0 Å². The summed E-state index contributed by atoms with van der Waals surface area (Å²) in [5, 5.41) is 42.6. The molecule has 0 fully saturated rings. The first-order valence-corrected chi connectivity index (χ1v) is 11.9. The molecule has 0 unspecified atom stereocenters. The van der Waals surface area contributed by atoms with Gasteiger partial charge in [0.15, 0.2) is 0 Å². The van der Waals surface area contributed by atoms with Gasteiger partial charge in [-0.1, -0.05) is 25.6 Å². The third kappa shape index (κ3) is 4.25. The van der Waals surface area contributed by atoms with E-state index in [2.05, 4.69) is 41.5 Å². The van der Waals surface area contributed by atoms with Gasteiger partial charge in [0.05, 0.1) is 29.1 Å². The molecule has 0 atom stereocenters. The molecule has 1 aromatic heterocycles. The third-order valence-corrected chi connectivity index (χ3v) is 7.10. The fraction of sp³-hybridized carbons (Fsp3) is 0.435. The molecule has 9 heteroatoms. The van der Waals surface area contributed by atoms with Crippen molar-refractivity contribution >= 4 is 28.4 Å². The van der Waals surface area contributed by atoms with Crippen LogP contribution in [0.3, 0.4) is 0 Å². The molecule has 0 aliphatic carbocycles. The molecule has 0 radical (unpaired) electrons. The van der Waals surface area contributed by atoms with Crippen molar-refractivity contribution in [3.63, 3.8) is 0 Å². The molecule has 0 amide bonds. The molecule has 1 aliphatic heterocycles. The number of likely N-dealkylation sites (N-methyl/N-ethyl adjacent to an activating group) is 1. The summed E-state index contributed by atoms with van der Waals surface area (Å²) in [6.07, 6.45) is 0. The zero-order chi connectivity index (χ0) is 22.7. The zero-order valence-corrected chi connectivity index (χ0v) is 19.4. The zero-order valence-electron chi connectivity index (χ0n) is 18.6. The number of phenols is 2. The van der Waals surface area contributed by atoms with Crippen LogP contribution < -0.4 is 10.6 Å². The molecule has 4 rings (SSSR count). The predicted molar refractivity (Wildman–Crippen MR) is 129 cm³/mol. The number of aromatic hydroxyl groups is 2. The molecule has 2 heterocycles. The summed E-state index contributed by atoms with van der Waals surface area (Å²) in [6.45, 7) is 10.0. The first-order valence-electron chi connectivity index (χ1n) is 11.1. The van der Waals surface area contributed by atoms with Crippen LogP contribution in [-0.4, -0.2) is 75.9 Å². The van der Waals surface area contributed by atoms with Gasteiger partial charge in [-0.25, -0.2) is 0 Å². The Labute approximate surface area is 192 Å². The average Bonchev–Trinajstić information content (AvgIpc) is 3.17. The van der Waals surface area contributed by atoms with Crippen LogP contribution in [0.15, 0.2) is 34.1 Å². The molecule has 2 aromatic carbocycles. The van der Waals surface area contributed by atoms with Crippen molar-refractivity contribution in [2.75, 3.05) is 51.2 Å². The Hall–Kier alpha value is -2.46. The van der Waals surface area contributed by atoms with Crippen LogP contribution in [-0.2, 0) is 6.54 Å². The van der Waals surface area contributed by atoms with Gasteiger partial charge in [0.1, 0.15) is 17.2 Å². The lowest BCUT2D eigenvalue weighted by Crippen LogP contribution is -2.27. The Morgan fingerprint density at radius 2 is 1.78 bits per heavy atom. The summed E-state index contributed by atoms with van der Waals surface area (Å²) in [5.74, 6) is 0.261. The van der Waals surface area contributed by atoms with E-state index in [1.807, 2.05) is 4.68 Å². The van der Waals surface area contributed by atoms with Crippen LogP contribution >= 0.6 is 11.8 Å². The Morgan fingerprint density at radius 3 is 2.53 bits per heavy atom. The fourth-order valence-electron chi connectivity index (χ4n) is 4.09. The Kier molecular flexibility index (Phi) is 7.10. The molecular formula is C23H31N5O3S. The molecule has 0 bridgehead atoms. The van der Waals surface area contributed by atoms with Gasteiger partial charge in [0.2, 0.25) is 0 Å². The van der Waals surface area contributed by atoms with Gasteiger partial charge in [-0.15, -0.1) is 0 Å². The quantitative estimate of drug-likeness (QED) is 0.173. The van der Waals surface area contributed by atoms with Gasteiger partial charge < -0.3 is 30.9 Å². The summed E-state index contributed by atoms with van der Waals surface area (Å²) in [5.41, 5.74) is 3.29. The third-order valence-electron chi connectivity index (χ3n) is 5.86. The number of phenolic OH excluding ortho intramolecular Hbond substituents is 2. The van der Waals surface area contributed by atoms with Gasteiger partial charge in [-0.05, 0) is 37.4 Å². The molecule has 172 valence electrons. The highest BCUT2D eigenvalue weighted by atomic mass is 32.2. The number of aromatic nitrogens is 2. The lowest BCUT2D eigenvalue weighted by atomic mass is 10.0. The molecule has 0 saturated heterocycles. The normalized spacial score (nSPS) is 12.5. The number of benzene rings is 2. The van der Waals surface area contributed by atoms with Crippen LogP contribution in [0.2, 0.25) is 0 Å². The second-order valence-corrected chi connectivity index (χ2v) is 8.77. The predicted octanol–water partition coefficient (Wildman–Crippen LogP) is 2.91. The van der Waals surface area contributed by atoms with Crippen molar-refractivity contribution in [3.8, 4) is 22.8 Å². The van der Waals surface area contributed by atoms with E-state index in [4.69, 9.17) is 10.2 Å². The van der Waals surface area contributed by atoms with Crippen molar-refractivity contribution in [3.05, 3.63) is 24.3 Å². The molecular weight excluding hydrogens is 426 g/mol. The number of nitrogens with zero attached hydrogens (tertiary/aromatic N) is 3. The number of rotatable bonds is 11. The summed E-state index contributed by atoms with van der Waals surface area (Å²) < 4.78 is 2.01. The highest BCUT2D eigenvalue weighted by Crippen LogP contribution is 2.55. The second kappa shape index (κ2) is 9.99.